The largest absolute Gasteiger partial charge is 0.364 e. The third kappa shape index (κ3) is 3.26. The molecular weight excluding hydrogens is 199 g/mol. The van der Waals surface area contributed by atoms with Gasteiger partial charge in [-0.3, -0.25) is 0 Å². The summed E-state index contributed by atoms with van der Waals surface area (Å²) in [5.74, 6) is 0. The fraction of sp³-hybridized carbons (Fsp3) is 0.286. The lowest BCUT2D eigenvalue weighted by Gasteiger charge is -1.98. The number of hydrogen-bond donors (Lipinski definition) is 1. The Labute approximate surface area is 80.3 Å². The highest BCUT2D eigenvalue weighted by atomic mass is 35.5. The fourth-order valence-electron chi connectivity index (χ4n) is 0.677. The summed E-state index contributed by atoms with van der Waals surface area (Å²) < 4.78 is 4.63. The highest BCUT2D eigenvalue weighted by Gasteiger charge is 1.95. The molecule has 0 atom stereocenters. The van der Waals surface area contributed by atoms with Gasteiger partial charge in [0, 0.05) is 29.7 Å². The molecule has 1 aromatic rings. The minimum absolute atomic E-state index is 0.540. The molecule has 0 saturated carbocycles. The second-order valence-electron chi connectivity index (χ2n) is 2.15. The molecule has 0 amide bonds. The highest BCUT2D eigenvalue weighted by Crippen LogP contribution is 2.01. The van der Waals surface area contributed by atoms with E-state index >= 15 is 0 Å². The predicted molar refractivity (Wildman–Crippen MR) is 48.0 cm³/mol. The molecule has 3 nitrogen and oxygen atoms in total. The molecule has 0 saturated heterocycles. The van der Waals surface area contributed by atoms with E-state index in [0.717, 1.165) is 5.69 Å². The zero-order valence-corrected chi connectivity index (χ0v) is 7.77. The number of nitrogens with one attached hydrogen (secondary N) is 1. The molecule has 12 heavy (non-hydrogen) atoms. The maximum absolute atomic E-state index is 5.63. The summed E-state index contributed by atoms with van der Waals surface area (Å²) in [4.78, 5) is 0. The van der Waals surface area contributed by atoms with Crippen LogP contribution in [0.1, 0.15) is 5.69 Å². The van der Waals surface area contributed by atoms with Crippen molar-refractivity contribution in [2.45, 2.75) is 6.54 Å². The Kier molecular flexibility index (Phi) is 4.14. The lowest BCUT2D eigenvalue weighted by Crippen LogP contribution is -2.14. The van der Waals surface area contributed by atoms with E-state index in [1.54, 1.807) is 6.07 Å². The van der Waals surface area contributed by atoms with E-state index in [0.29, 0.717) is 18.1 Å². The molecule has 66 valence electrons. The van der Waals surface area contributed by atoms with Crippen LogP contribution < -0.4 is 5.32 Å². The zero-order valence-electron chi connectivity index (χ0n) is 6.26. The van der Waals surface area contributed by atoms with Gasteiger partial charge in [-0.25, -0.2) is 0 Å². The first-order chi connectivity index (χ1) is 5.83. The van der Waals surface area contributed by atoms with Crippen molar-refractivity contribution in [2.24, 2.45) is 0 Å². The van der Waals surface area contributed by atoms with E-state index in [1.165, 1.54) is 11.8 Å². The van der Waals surface area contributed by atoms with Crippen LogP contribution in [0.2, 0.25) is 0 Å². The molecule has 0 unspecified atom stereocenters. The molecule has 0 aliphatic heterocycles. The SMILES string of the molecule is Cl/C=C(/Cl)CNCc1ccon1. The van der Waals surface area contributed by atoms with Crippen molar-refractivity contribution in [3.63, 3.8) is 0 Å². The van der Waals surface area contributed by atoms with Gasteiger partial charge in [0.15, 0.2) is 0 Å². The molecule has 1 aromatic heterocycles. The van der Waals surface area contributed by atoms with E-state index in [9.17, 15) is 0 Å². The van der Waals surface area contributed by atoms with Crippen molar-refractivity contribution in [2.75, 3.05) is 6.54 Å². The Morgan fingerprint density at radius 2 is 2.58 bits per heavy atom. The molecule has 0 fully saturated rings. The van der Waals surface area contributed by atoms with Gasteiger partial charge in [-0.15, -0.1) is 0 Å². The zero-order chi connectivity index (χ0) is 8.81. The Morgan fingerprint density at radius 3 is 3.17 bits per heavy atom. The van der Waals surface area contributed by atoms with Crippen LogP contribution in [-0.4, -0.2) is 11.7 Å². The van der Waals surface area contributed by atoms with Crippen molar-refractivity contribution in [1.29, 1.82) is 0 Å². The summed E-state index contributed by atoms with van der Waals surface area (Å²) in [5.41, 5.74) is 2.17. The Balaban J connectivity index is 2.19. The summed E-state index contributed by atoms with van der Waals surface area (Å²) in [7, 11) is 0. The van der Waals surface area contributed by atoms with E-state index in [1.807, 2.05) is 0 Å². The summed E-state index contributed by atoms with van der Waals surface area (Å²) in [5, 5.41) is 7.31. The second kappa shape index (κ2) is 5.19. The average Bonchev–Trinajstić information content (AvgIpc) is 2.57. The fourth-order valence-corrected chi connectivity index (χ4v) is 0.849. The van der Waals surface area contributed by atoms with Gasteiger partial charge in [-0.2, -0.15) is 0 Å². The van der Waals surface area contributed by atoms with Crippen molar-refractivity contribution in [3.8, 4) is 0 Å². The van der Waals surface area contributed by atoms with Gasteiger partial charge in [0.25, 0.3) is 0 Å². The molecule has 0 aromatic carbocycles. The molecule has 1 N–H and O–H groups in total. The summed E-state index contributed by atoms with van der Waals surface area (Å²) >= 11 is 11.0. The lowest BCUT2D eigenvalue weighted by atomic mass is 10.4. The second-order valence-corrected chi connectivity index (χ2v) is 2.85. The molecule has 0 radical (unpaired) electrons. The highest BCUT2D eigenvalue weighted by molar-refractivity contribution is 6.36. The van der Waals surface area contributed by atoms with Crippen LogP contribution in [0.4, 0.5) is 0 Å². The van der Waals surface area contributed by atoms with Gasteiger partial charge >= 0.3 is 0 Å². The maximum atomic E-state index is 5.63. The summed E-state index contributed by atoms with van der Waals surface area (Å²) in [6, 6.07) is 1.78. The smallest absolute Gasteiger partial charge is 0.124 e. The van der Waals surface area contributed by atoms with Crippen LogP contribution >= 0.6 is 23.2 Å². The van der Waals surface area contributed by atoms with Gasteiger partial charge in [-0.05, 0) is 0 Å². The lowest BCUT2D eigenvalue weighted by molar-refractivity contribution is 0.409. The molecule has 0 aliphatic rings. The van der Waals surface area contributed by atoms with Crippen molar-refractivity contribution >= 4 is 23.2 Å². The van der Waals surface area contributed by atoms with Crippen LogP contribution in [0.15, 0.2) is 27.4 Å². The predicted octanol–water partition coefficient (Wildman–Crippen LogP) is 2.08. The van der Waals surface area contributed by atoms with E-state index in [2.05, 4.69) is 15.0 Å². The molecule has 5 heteroatoms. The summed E-state index contributed by atoms with van der Waals surface area (Å²) in [6.45, 7) is 1.16. The third-order valence-electron chi connectivity index (χ3n) is 1.21. The Hall–Kier alpha value is -0.510. The standard InChI is InChI=1S/C7H8Cl2N2O/c8-3-6(9)4-10-5-7-1-2-12-11-7/h1-3,10H,4-5H2/b6-3+. The number of hydrogen-bond acceptors (Lipinski definition) is 3. The van der Waals surface area contributed by atoms with E-state index in [-0.39, 0.29) is 0 Å². The average molecular weight is 207 g/mol. The number of halogens is 2. The van der Waals surface area contributed by atoms with E-state index < -0.39 is 0 Å². The first-order valence-corrected chi connectivity index (χ1v) is 4.19. The van der Waals surface area contributed by atoms with Crippen molar-refractivity contribution in [1.82, 2.24) is 10.5 Å². The van der Waals surface area contributed by atoms with Crippen molar-refractivity contribution in [3.05, 3.63) is 28.6 Å². The molecule has 1 heterocycles. The minimum Gasteiger partial charge on any atom is -0.364 e. The number of rotatable bonds is 4. The minimum atomic E-state index is 0.540. The molecule has 1 rings (SSSR count). The quantitative estimate of drug-likeness (QED) is 0.821. The van der Waals surface area contributed by atoms with Crippen molar-refractivity contribution < 1.29 is 4.52 Å². The molecule has 0 aliphatic carbocycles. The van der Waals surface area contributed by atoms with E-state index in [4.69, 9.17) is 23.2 Å². The van der Waals surface area contributed by atoms with Gasteiger partial charge in [0.05, 0.1) is 5.69 Å². The monoisotopic (exact) mass is 206 g/mol. The van der Waals surface area contributed by atoms with Gasteiger partial charge in [0.2, 0.25) is 0 Å². The van der Waals surface area contributed by atoms with Crippen LogP contribution in [0.25, 0.3) is 0 Å². The van der Waals surface area contributed by atoms with Gasteiger partial charge < -0.3 is 9.84 Å². The first kappa shape index (κ1) is 9.58. The topological polar surface area (TPSA) is 38.1 Å². The van der Waals surface area contributed by atoms with Crippen LogP contribution in [0.3, 0.4) is 0 Å². The Bertz CT molecular complexity index is 246. The first-order valence-electron chi connectivity index (χ1n) is 3.37. The van der Waals surface area contributed by atoms with Crippen LogP contribution in [0, 0.1) is 0 Å². The number of nitrogens with zero attached hydrogens (tertiary/aromatic N) is 1. The normalized spacial score (nSPS) is 12.0. The third-order valence-corrected chi connectivity index (χ3v) is 1.83. The molecule has 0 bridgehead atoms. The summed E-state index contributed by atoms with van der Waals surface area (Å²) in [6.07, 6.45) is 1.52. The van der Waals surface area contributed by atoms with Crippen LogP contribution in [0.5, 0.6) is 0 Å². The number of aromatic nitrogens is 1. The van der Waals surface area contributed by atoms with Gasteiger partial charge in [0.1, 0.15) is 6.26 Å². The molecular formula is C7H8Cl2N2O. The maximum Gasteiger partial charge on any atom is 0.124 e. The van der Waals surface area contributed by atoms with Gasteiger partial charge in [-0.1, -0.05) is 28.4 Å². The molecule has 0 spiro atoms. The van der Waals surface area contributed by atoms with Crippen LogP contribution in [-0.2, 0) is 6.54 Å². The Morgan fingerprint density at radius 1 is 1.75 bits per heavy atom.